The lowest BCUT2D eigenvalue weighted by atomic mass is 10.1. The summed E-state index contributed by atoms with van der Waals surface area (Å²) in [6.45, 7) is 0.822. The van der Waals surface area contributed by atoms with Gasteiger partial charge >= 0.3 is 0 Å². The number of nitrogens with one attached hydrogen (secondary N) is 1. The summed E-state index contributed by atoms with van der Waals surface area (Å²) in [5.41, 5.74) is 2.06. The van der Waals surface area contributed by atoms with E-state index in [2.05, 4.69) is 17.4 Å². The molecule has 2 rings (SSSR count). The Labute approximate surface area is 141 Å². The third-order valence-electron chi connectivity index (χ3n) is 3.18. The van der Waals surface area contributed by atoms with E-state index in [0.29, 0.717) is 12.2 Å². The zero-order valence-corrected chi connectivity index (χ0v) is 14.0. The normalized spacial score (nSPS) is 10.2. The molecule has 4 heteroatoms. The molecular weight excluding hydrogens is 310 g/mol. The van der Waals surface area contributed by atoms with Gasteiger partial charge in [-0.15, -0.1) is 0 Å². The molecule has 2 nitrogen and oxygen atoms in total. The minimum Gasteiger partial charge on any atom is -0.371 e. The van der Waals surface area contributed by atoms with E-state index in [-0.39, 0.29) is 5.78 Å². The fraction of sp³-hybridized carbons (Fsp3) is 0.222. The van der Waals surface area contributed by atoms with Crippen LogP contribution in [-0.4, -0.2) is 22.4 Å². The molecule has 0 atom stereocenters. The number of ketones is 1. The van der Waals surface area contributed by atoms with Gasteiger partial charge in [0.05, 0.1) is 0 Å². The minimum absolute atomic E-state index is 0.167. The number of hydrogen-bond donors (Lipinski definition) is 1. The van der Waals surface area contributed by atoms with Gasteiger partial charge in [0.25, 0.3) is 0 Å². The van der Waals surface area contributed by atoms with E-state index in [4.69, 9.17) is 12.2 Å². The van der Waals surface area contributed by atoms with Crippen molar-refractivity contribution in [3.8, 4) is 0 Å². The van der Waals surface area contributed by atoms with Crippen molar-refractivity contribution < 1.29 is 4.79 Å². The molecule has 0 aliphatic carbocycles. The van der Waals surface area contributed by atoms with Crippen LogP contribution >= 0.6 is 24.0 Å². The van der Waals surface area contributed by atoms with Crippen LogP contribution in [-0.2, 0) is 6.42 Å². The number of carbonyl (C=O) groups excluding carboxylic acids is 1. The van der Waals surface area contributed by atoms with E-state index < -0.39 is 0 Å². The highest BCUT2D eigenvalue weighted by Crippen LogP contribution is 2.09. The summed E-state index contributed by atoms with van der Waals surface area (Å²) in [4.78, 5) is 11.9. The Bertz CT molecular complexity index is 599. The molecule has 0 spiro atoms. The highest BCUT2D eigenvalue weighted by atomic mass is 32.2. The van der Waals surface area contributed by atoms with Crippen LogP contribution < -0.4 is 5.32 Å². The molecule has 0 saturated heterocycles. The van der Waals surface area contributed by atoms with E-state index >= 15 is 0 Å². The Balaban J connectivity index is 1.61. The van der Waals surface area contributed by atoms with E-state index in [1.165, 1.54) is 17.3 Å². The fourth-order valence-electron chi connectivity index (χ4n) is 2.01. The van der Waals surface area contributed by atoms with Crippen LogP contribution in [0, 0.1) is 0 Å². The van der Waals surface area contributed by atoms with E-state index in [0.717, 1.165) is 22.8 Å². The van der Waals surface area contributed by atoms with E-state index in [1.807, 2.05) is 48.5 Å². The van der Waals surface area contributed by atoms with Crippen LogP contribution in [0.1, 0.15) is 22.3 Å². The quantitative estimate of drug-likeness (QED) is 0.611. The van der Waals surface area contributed by atoms with Gasteiger partial charge in [0.15, 0.2) is 5.78 Å². The smallest absolute Gasteiger partial charge is 0.163 e. The second-order valence-corrected chi connectivity index (χ2v) is 6.61. The first-order valence-electron chi connectivity index (χ1n) is 7.28. The predicted molar refractivity (Wildman–Crippen MR) is 98.6 cm³/mol. The Kier molecular flexibility index (Phi) is 7.13. The van der Waals surface area contributed by atoms with Gasteiger partial charge < -0.3 is 5.32 Å². The Morgan fingerprint density at radius 1 is 1.00 bits per heavy atom. The maximum absolute atomic E-state index is 11.9. The number of Topliss-reactive ketones (excluding diaryl/α,β-unsaturated/α-hetero) is 1. The number of thioether (sulfide) groups is 1. The summed E-state index contributed by atoms with van der Waals surface area (Å²) >= 11 is 6.81. The van der Waals surface area contributed by atoms with Crippen molar-refractivity contribution in [1.29, 1.82) is 0 Å². The molecule has 22 heavy (non-hydrogen) atoms. The van der Waals surface area contributed by atoms with Crippen molar-refractivity contribution >= 4 is 34.1 Å². The molecule has 0 bridgehead atoms. The average Bonchev–Trinajstić information content (AvgIpc) is 2.56. The second kappa shape index (κ2) is 9.38. The molecule has 2 aromatic carbocycles. The molecule has 0 amide bonds. The number of carbonyl (C=O) groups is 1. The van der Waals surface area contributed by atoms with Crippen LogP contribution in [0.5, 0.6) is 0 Å². The van der Waals surface area contributed by atoms with Crippen LogP contribution in [0.2, 0.25) is 0 Å². The highest BCUT2D eigenvalue weighted by Gasteiger charge is 2.05. The predicted octanol–water partition coefficient (Wildman–Crippen LogP) is 4.11. The lowest BCUT2D eigenvalue weighted by molar-refractivity contribution is 0.0989. The third-order valence-corrected chi connectivity index (χ3v) is 4.50. The van der Waals surface area contributed by atoms with E-state index in [9.17, 15) is 4.79 Å². The molecule has 0 aromatic heterocycles. The summed E-state index contributed by atoms with van der Waals surface area (Å²) in [6, 6.07) is 19.7. The molecule has 114 valence electrons. The van der Waals surface area contributed by atoms with Crippen LogP contribution in [0.15, 0.2) is 60.7 Å². The van der Waals surface area contributed by atoms with Crippen LogP contribution in [0.25, 0.3) is 0 Å². The van der Waals surface area contributed by atoms with Crippen molar-refractivity contribution in [2.75, 3.05) is 12.3 Å². The maximum Gasteiger partial charge on any atom is 0.163 e. The lowest BCUT2D eigenvalue weighted by Gasteiger charge is -2.07. The molecule has 0 heterocycles. The molecular formula is C18H19NOS2. The van der Waals surface area contributed by atoms with Crippen molar-refractivity contribution in [3.63, 3.8) is 0 Å². The lowest BCUT2D eigenvalue weighted by Crippen LogP contribution is -2.21. The zero-order chi connectivity index (χ0) is 15.6. The third kappa shape index (κ3) is 6.00. The molecule has 0 fully saturated rings. The zero-order valence-electron chi connectivity index (χ0n) is 12.3. The fourth-order valence-corrected chi connectivity index (χ4v) is 3.04. The maximum atomic E-state index is 11.9. The number of hydrogen-bond acceptors (Lipinski definition) is 3. The number of rotatable bonds is 7. The van der Waals surface area contributed by atoms with Gasteiger partial charge in [-0.05, 0) is 12.0 Å². The summed E-state index contributed by atoms with van der Waals surface area (Å²) in [6.07, 6.45) is 1.46. The largest absolute Gasteiger partial charge is 0.371 e. The molecule has 0 aliphatic heterocycles. The SMILES string of the molecule is O=C(CCSC(=S)NCCc1ccccc1)c1ccccc1. The van der Waals surface area contributed by atoms with Gasteiger partial charge in [-0.2, -0.15) is 0 Å². The van der Waals surface area contributed by atoms with Gasteiger partial charge in [0.2, 0.25) is 0 Å². The molecule has 1 N–H and O–H groups in total. The highest BCUT2D eigenvalue weighted by molar-refractivity contribution is 8.22. The van der Waals surface area contributed by atoms with Gasteiger partial charge in [0.1, 0.15) is 4.32 Å². The monoisotopic (exact) mass is 329 g/mol. The number of thiocarbonyl (C=S) groups is 1. The van der Waals surface area contributed by atoms with Crippen LogP contribution in [0.3, 0.4) is 0 Å². The summed E-state index contributed by atoms with van der Waals surface area (Å²) in [7, 11) is 0. The van der Waals surface area contributed by atoms with Crippen LogP contribution in [0.4, 0.5) is 0 Å². The topological polar surface area (TPSA) is 29.1 Å². The molecule has 0 unspecified atom stereocenters. The van der Waals surface area contributed by atoms with Gasteiger partial charge in [-0.25, -0.2) is 0 Å². The Morgan fingerprint density at radius 2 is 1.64 bits per heavy atom. The molecule has 2 aromatic rings. The van der Waals surface area contributed by atoms with Gasteiger partial charge in [0, 0.05) is 24.3 Å². The van der Waals surface area contributed by atoms with Crippen molar-refractivity contribution in [2.24, 2.45) is 0 Å². The Hall–Kier alpha value is -1.65. The first-order chi connectivity index (χ1) is 10.8. The van der Waals surface area contributed by atoms with Crippen molar-refractivity contribution in [2.45, 2.75) is 12.8 Å². The molecule has 0 radical (unpaired) electrons. The summed E-state index contributed by atoms with van der Waals surface area (Å²) in [5.74, 6) is 0.880. The second-order valence-electron chi connectivity index (χ2n) is 4.84. The summed E-state index contributed by atoms with van der Waals surface area (Å²) < 4.78 is 0.761. The summed E-state index contributed by atoms with van der Waals surface area (Å²) in [5, 5.41) is 3.23. The average molecular weight is 329 g/mol. The van der Waals surface area contributed by atoms with Gasteiger partial charge in [-0.3, -0.25) is 4.79 Å². The Morgan fingerprint density at radius 3 is 2.32 bits per heavy atom. The number of benzene rings is 2. The molecule has 0 aliphatic rings. The van der Waals surface area contributed by atoms with Crippen molar-refractivity contribution in [3.05, 3.63) is 71.8 Å². The first kappa shape index (κ1) is 16.7. The first-order valence-corrected chi connectivity index (χ1v) is 8.68. The van der Waals surface area contributed by atoms with Gasteiger partial charge in [-0.1, -0.05) is 84.6 Å². The minimum atomic E-state index is 0.167. The van der Waals surface area contributed by atoms with E-state index in [1.54, 1.807) is 0 Å². The van der Waals surface area contributed by atoms with Crippen molar-refractivity contribution in [1.82, 2.24) is 5.32 Å². The molecule has 0 saturated carbocycles. The standard InChI is InChI=1S/C18H19NOS2/c20-17(16-9-5-2-6-10-16)12-14-22-18(21)19-13-11-15-7-3-1-4-8-15/h1-10H,11-14H2,(H,19,21).